The standard InChI is InChI=1S/C13H26O2.C12H24O2/c1-2-3-4-5-6-7-8-9-10-14-11-13-12-15-13;1-2-3-4-5-6-7-8-9-13-10-12-11-14-12/h13H,2-12H2,1H3;12H,2-11H2,1H3. The molecule has 0 aromatic carbocycles. The number of ether oxygens (including phenoxy) is 4. The third-order valence-corrected chi connectivity index (χ3v) is 5.45. The van der Waals surface area contributed by atoms with Gasteiger partial charge < -0.3 is 18.9 Å². The van der Waals surface area contributed by atoms with Crippen molar-refractivity contribution in [1.29, 1.82) is 0 Å². The molecule has 0 aliphatic carbocycles. The van der Waals surface area contributed by atoms with Crippen LogP contribution < -0.4 is 0 Å². The molecule has 174 valence electrons. The summed E-state index contributed by atoms with van der Waals surface area (Å²) in [5.41, 5.74) is 0. The second-order valence-electron chi connectivity index (χ2n) is 8.66. The zero-order chi connectivity index (χ0) is 20.8. The summed E-state index contributed by atoms with van der Waals surface area (Å²) in [5, 5.41) is 0. The zero-order valence-corrected chi connectivity index (χ0v) is 19.6. The maximum absolute atomic E-state index is 5.48. The summed E-state index contributed by atoms with van der Waals surface area (Å²) < 4.78 is 21.1. The molecule has 0 bridgehead atoms. The highest BCUT2D eigenvalue weighted by atomic mass is 16.6. The van der Waals surface area contributed by atoms with Gasteiger partial charge >= 0.3 is 0 Å². The van der Waals surface area contributed by atoms with Gasteiger partial charge in [0, 0.05) is 13.2 Å². The van der Waals surface area contributed by atoms with E-state index in [2.05, 4.69) is 13.8 Å². The Morgan fingerprint density at radius 3 is 1.14 bits per heavy atom. The Kier molecular flexibility index (Phi) is 19.5. The monoisotopic (exact) mass is 414 g/mol. The highest BCUT2D eigenvalue weighted by Gasteiger charge is 2.22. The molecule has 4 nitrogen and oxygen atoms in total. The molecule has 29 heavy (non-hydrogen) atoms. The highest BCUT2D eigenvalue weighted by Crippen LogP contribution is 2.11. The van der Waals surface area contributed by atoms with Gasteiger partial charge in [-0.25, -0.2) is 0 Å². The third kappa shape index (κ3) is 22.3. The van der Waals surface area contributed by atoms with Crippen LogP contribution in [-0.4, -0.2) is 51.8 Å². The molecule has 0 aromatic heterocycles. The van der Waals surface area contributed by atoms with E-state index in [-0.39, 0.29) is 0 Å². The van der Waals surface area contributed by atoms with E-state index in [0.717, 1.165) is 39.6 Å². The van der Waals surface area contributed by atoms with Gasteiger partial charge in [0.25, 0.3) is 0 Å². The molecule has 2 atom stereocenters. The van der Waals surface area contributed by atoms with Crippen LogP contribution in [0.2, 0.25) is 0 Å². The second kappa shape index (κ2) is 21.1. The van der Waals surface area contributed by atoms with Crippen LogP contribution in [0.25, 0.3) is 0 Å². The molecule has 2 unspecified atom stereocenters. The quantitative estimate of drug-likeness (QED) is 0.155. The fraction of sp³-hybridized carbons (Fsp3) is 1.00. The molecule has 2 fully saturated rings. The molecule has 2 aliphatic rings. The molecular weight excluding hydrogens is 364 g/mol. The zero-order valence-electron chi connectivity index (χ0n) is 19.6. The Bertz CT molecular complexity index is 316. The SMILES string of the molecule is CCCCCCCCCCOCC1CO1.CCCCCCCCCOCC1CO1. The van der Waals surface area contributed by atoms with E-state index in [1.807, 2.05) is 0 Å². The third-order valence-electron chi connectivity index (χ3n) is 5.45. The van der Waals surface area contributed by atoms with E-state index in [9.17, 15) is 0 Å². The molecule has 0 N–H and O–H groups in total. The first kappa shape index (κ1) is 26.9. The lowest BCUT2D eigenvalue weighted by molar-refractivity contribution is 0.113. The minimum absolute atomic E-state index is 0.430. The lowest BCUT2D eigenvalue weighted by atomic mass is 10.1. The van der Waals surface area contributed by atoms with Gasteiger partial charge in [-0.3, -0.25) is 0 Å². The second-order valence-corrected chi connectivity index (χ2v) is 8.66. The van der Waals surface area contributed by atoms with Gasteiger partial charge in [-0.05, 0) is 12.8 Å². The van der Waals surface area contributed by atoms with Crippen molar-refractivity contribution in [3.05, 3.63) is 0 Å². The van der Waals surface area contributed by atoms with Crippen molar-refractivity contribution in [3.8, 4) is 0 Å². The minimum Gasteiger partial charge on any atom is -0.379 e. The minimum atomic E-state index is 0.430. The first-order valence-electron chi connectivity index (χ1n) is 12.8. The Labute approximate surface area is 181 Å². The van der Waals surface area contributed by atoms with E-state index in [0.29, 0.717) is 12.2 Å². The highest BCUT2D eigenvalue weighted by molar-refractivity contribution is 4.67. The summed E-state index contributed by atoms with van der Waals surface area (Å²) in [6, 6.07) is 0. The summed E-state index contributed by atoms with van der Waals surface area (Å²) in [6.07, 6.45) is 21.3. The van der Waals surface area contributed by atoms with E-state index in [1.54, 1.807) is 0 Å². The van der Waals surface area contributed by atoms with Gasteiger partial charge in [0.15, 0.2) is 0 Å². The summed E-state index contributed by atoms with van der Waals surface area (Å²) in [6.45, 7) is 9.83. The summed E-state index contributed by atoms with van der Waals surface area (Å²) in [5.74, 6) is 0. The molecule has 4 heteroatoms. The van der Waals surface area contributed by atoms with Crippen molar-refractivity contribution in [2.24, 2.45) is 0 Å². The smallest absolute Gasteiger partial charge is 0.104 e. The van der Waals surface area contributed by atoms with Gasteiger partial charge in [-0.1, -0.05) is 97.3 Å². The van der Waals surface area contributed by atoms with Crippen molar-refractivity contribution in [3.63, 3.8) is 0 Å². The van der Waals surface area contributed by atoms with Crippen LogP contribution in [0.3, 0.4) is 0 Å². The van der Waals surface area contributed by atoms with Crippen LogP contribution in [0, 0.1) is 0 Å². The first-order chi connectivity index (χ1) is 14.4. The Morgan fingerprint density at radius 2 is 0.828 bits per heavy atom. The number of rotatable bonds is 21. The summed E-state index contributed by atoms with van der Waals surface area (Å²) in [7, 11) is 0. The maximum atomic E-state index is 5.48. The molecule has 0 aromatic rings. The molecule has 2 heterocycles. The Balaban J connectivity index is 0.000000291. The van der Waals surface area contributed by atoms with Gasteiger partial charge in [-0.15, -0.1) is 0 Å². The van der Waals surface area contributed by atoms with Gasteiger partial charge in [-0.2, -0.15) is 0 Å². The van der Waals surface area contributed by atoms with Crippen LogP contribution in [0.5, 0.6) is 0 Å². The van der Waals surface area contributed by atoms with E-state index < -0.39 is 0 Å². The van der Waals surface area contributed by atoms with Crippen molar-refractivity contribution >= 4 is 0 Å². The molecule has 0 radical (unpaired) electrons. The van der Waals surface area contributed by atoms with Crippen LogP contribution >= 0.6 is 0 Å². The molecule has 2 aliphatic heterocycles. The van der Waals surface area contributed by atoms with Crippen LogP contribution in [0.1, 0.15) is 110 Å². The summed E-state index contributed by atoms with van der Waals surface area (Å²) >= 11 is 0. The lowest BCUT2D eigenvalue weighted by Crippen LogP contribution is -2.02. The normalized spacial score (nSPS) is 19.7. The fourth-order valence-corrected chi connectivity index (χ4v) is 3.26. The fourth-order valence-electron chi connectivity index (χ4n) is 3.26. The molecule has 0 amide bonds. The molecule has 2 saturated heterocycles. The number of unbranched alkanes of at least 4 members (excludes halogenated alkanes) is 13. The van der Waals surface area contributed by atoms with Crippen LogP contribution in [-0.2, 0) is 18.9 Å². The molecule has 0 saturated carbocycles. The molecule has 2 rings (SSSR count). The van der Waals surface area contributed by atoms with E-state index >= 15 is 0 Å². The van der Waals surface area contributed by atoms with Gasteiger partial charge in [0.1, 0.15) is 12.2 Å². The molecule has 0 spiro atoms. The van der Waals surface area contributed by atoms with Crippen molar-refractivity contribution < 1.29 is 18.9 Å². The molecular formula is C25H50O4. The van der Waals surface area contributed by atoms with E-state index in [4.69, 9.17) is 18.9 Å². The average molecular weight is 415 g/mol. The Morgan fingerprint density at radius 1 is 0.517 bits per heavy atom. The van der Waals surface area contributed by atoms with Crippen LogP contribution in [0.4, 0.5) is 0 Å². The predicted octanol–water partition coefficient (Wildman–Crippen LogP) is 6.69. The first-order valence-corrected chi connectivity index (χ1v) is 12.8. The largest absolute Gasteiger partial charge is 0.379 e. The van der Waals surface area contributed by atoms with Crippen molar-refractivity contribution in [2.45, 2.75) is 122 Å². The summed E-state index contributed by atoms with van der Waals surface area (Å²) in [4.78, 5) is 0. The number of epoxide rings is 2. The van der Waals surface area contributed by atoms with Gasteiger partial charge in [0.2, 0.25) is 0 Å². The van der Waals surface area contributed by atoms with Gasteiger partial charge in [0.05, 0.1) is 26.4 Å². The number of hydrogen-bond acceptors (Lipinski definition) is 4. The lowest BCUT2D eigenvalue weighted by Gasteiger charge is -2.02. The van der Waals surface area contributed by atoms with Crippen LogP contribution in [0.15, 0.2) is 0 Å². The maximum Gasteiger partial charge on any atom is 0.104 e. The average Bonchev–Trinajstić information content (AvgIpc) is 3.64. The van der Waals surface area contributed by atoms with E-state index in [1.165, 1.54) is 96.3 Å². The predicted molar refractivity (Wildman–Crippen MR) is 122 cm³/mol. The van der Waals surface area contributed by atoms with Crippen molar-refractivity contribution in [1.82, 2.24) is 0 Å². The van der Waals surface area contributed by atoms with Crippen molar-refractivity contribution in [2.75, 3.05) is 39.6 Å². The number of hydrogen-bond donors (Lipinski definition) is 0. The topological polar surface area (TPSA) is 43.5 Å². The Hall–Kier alpha value is -0.160.